The molecule has 2 aromatic rings. The molecule has 1 aromatic heterocycles. The highest BCUT2D eigenvalue weighted by Crippen LogP contribution is 2.27. The SMILES string of the molecule is CSc1n[nH]c(-c2cccc([C@@H](C)N3CCCC3)c2)n1. The molecule has 1 aliphatic rings. The summed E-state index contributed by atoms with van der Waals surface area (Å²) in [5.41, 5.74) is 2.47. The van der Waals surface area contributed by atoms with Crippen molar-refractivity contribution in [1.82, 2.24) is 20.1 Å². The molecule has 1 fully saturated rings. The van der Waals surface area contributed by atoms with Gasteiger partial charge in [-0.2, -0.15) is 0 Å². The van der Waals surface area contributed by atoms with Crippen LogP contribution < -0.4 is 0 Å². The summed E-state index contributed by atoms with van der Waals surface area (Å²) in [5.74, 6) is 0.852. The summed E-state index contributed by atoms with van der Waals surface area (Å²) in [6.07, 6.45) is 4.63. The first-order valence-electron chi connectivity index (χ1n) is 7.08. The Kier molecular flexibility index (Phi) is 4.08. The highest BCUT2D eigenvalue weighted by molar-refractivity contribution is 7.98. The van der Waals surface area contributed by atoms with Crippen molar-refractivity contribution in [1.29, 1.82) is 0 Å². The zero-order valence-electron chi connectivity index (χ0n) is 12.0. The highest BCUT2D eigenvalue weighted by atomic mass is 32.2. The number of aromatic amines is 1. The molecule has 3 rings (SSSR count). The molecule has 1 saturated heterocycles. The Morgan fingerprint density at radius 3 is 2.80 bits per heavy atom. The minimum Gasteiger partial charge on any atom is -0.297 e. The number of aromatic nitrogens is 3. The summed E-state index contributed by atoms with van der Waals surface area (Å²) in [6, 6.07) is 9.11. The van der Waals surface area contributed by atoms with Gasteiger partial charge in [-0.25, -0.2) is 4.98 Å². The van der Waals surface area contributed by atoms with Crippen LogP contribution in [0.5, 0.6) is 0 Å². The van der Waals surface area contributed by atoms with Crippen molar-refractivity contribution in [2.75, 3.05) is 19.3 Å². The smallest absolute Gasteiger partial charge is 0.208 e. The average Bonchev–Trinajstić information content (AvgIpc) is 3.17. The van der Waals surface area contributed by atoms with E-state index in [2.05, 4.69) is 51.3 Å². The Labute approximate surface area is 124 Å². The normalized spacial score (nSPS) is 17.5. The largest absolute Gasteiger partial charge is 0.297 e. The Morgan fingerprint density at radius 1 is 1.30 bits per heavy atom. The van der Waals surface area contributed by atoms with E-state index in [-0.39, 0.29) is 0 Å². The molecule has 0 saturated carbocycles. The first-order chi connectivity index (χ1) is 9.78. The topological polar surface area (TPSA) is 44.8 Å². The number of H-pyrrole nitrogens is 1. The van der Waals surface area contributed by atoms with Gasteiger partial charge in [0.2, 0.25) is 5.16 Å². The van der Waals surface area contributed by atoms with Gasteiger partial charge in [-0.1, -0.05) is 30.0 Å². The van der Waals surface area contributed by atoms with Gasteiger partial charge in [0.25, 0.3) is 0 Å². The van der Waals surface area contributed by atoms with Gasteiger partial charge in [-0.05, 0) is 50.7 Å². The number of rotatable bonds is 4. The Bertz CT molecular complexity index is 575. The molecule has 0 spiro atoms. The summed E-state index contributed by atoms with van der Waals surface area (Å²) >= 11 is 1.55. The lowest BCUT2D eigenvalue weighted by atomic mass is 10.0. The second-order valence-electron chi connectivity index (χ2n) is 5.22. The van der Waals surface area contributed by atoms with E-state index in [1.807, 2.05) is 6.26 Å². The van der Waals surface area contributed by atoms with E-state index in [4.69, 9.17) is 0 Å². The van der Waals surface area contributed by atoms with Gasteiger partial charge in [0.1, 0.15) is 0 Å². The van der Waals surface area contributed by atoms with Gasteiger partial charge in [-0.15, -0.1) is 5.10 Å². The third-order valence-electron chi connectivity index (χ3n) is 3.98. The molecule has 0 aliphatic carbocycles. The summed E-state index contributed by atoms with van der Waals surface area (Å²) in [5, 5.41) is 7.98. The molecule has 1 N–H and O–H groups in total. The summed E-state index contributed by atoms with van der Waals surface area (Å²) < 4.78 is 0. The minimum absolute atomic E-state index is 0.473. The van der Waals surface area contributed by atoms with E-state index in [0.717, 1.165) is 16.5 Å². The average molecular weight is 288 g/mol. The molecule has 2 heterocycles. The number of nitrogens with one attached hydrogen (secondary N) is 1. The van der Waals surface area contributed by atoms with Gasteiger partial charge in [0.05, 0.1) is 0 Å². The predicted molar refractivity (Wildman–Crippen MR) is 82.8 cm³/mol. The van der Waals surface area contributed by atoms with Crippen molar-refractivity contribution in [3.05, 3.63) is 29.8 Å². The highest BCUT2D eigenvalue weighted by Gasteiger charge is 2.19. The summed E-state index contributed by atoms with van der Waals surface area (Å²) in [6.45, 7) is 4.72. The lowest BCUT2D eigenvalue weighted by Gasteiger charge is -2.24. The van der Waals surface area contributed by atoms with E-state index in [9.17, 15) is 0 Å². The lowest BCUT2D eigenvalue weighted by molar-refractivity contribution is 0.263. The molecular formula is C15H20N4S. The molecule has 1 aliphatic heterocycles. The molecule has 1 aromatic carbocycles. The van der Waals surface area contributed by atoms with Crippen LogP contribution in [-0.4, -0.2) is 39.4 Å². The van der Waals surface area contributed by atoms with Crippen LogP contribution in [0.4, 0.5) is 0 Å². The fourth-order valence-corrected chi connectivity index (χ4v) is 3.07. The van der Waals surface area contributed by atoms with Crippen molar-refractivity contribution in [2.45, 2.75) is 31.0 Å². The monoisotopic (exact) mass is 288 g/mol. The van der Waals surface area contributed by atoms with Crippen molar-refractivity contribution < 1.29 is 0 Å². The first-order valence-corrected chi connectivity index (χ1v) is 8.31. The lowest BCUT2D eigenvalue weighted by Crippen LogP contribution is -2.23. The Morgan fingerprint density at radius 2 is 2.10 bits per heavy atom. The third kappa shape index (κ3) is 2.74. The van der Waals surface area contributed by atoms with E-state index < -0.39 is 0 Å². The Hall–Kier alpha value is -1.33. The minimum atomic E-state index is 0.473. The van der Waals surface area contributed by atoms with Gasteiger partial charge in [-0.3, -0.25) is 10.00 Å². The van der Waals surface area contributed by atoms with Crippen LogP contribution in [0.2, 0.25) is 0 Å². The van der Waals surface area contributed by atoms with Gasteiger partial charge in [0.15, 0.2) is 5.82 Å². The molecule has 0 unspecified atom stereocenters. The van der Waals surface area contributed by atoms with Crippen LogP contribution in [0.15, 0.2) is 29.4 Å². The molecule has 106 valence electrons. The number of nitrogens with zero attached hydrogens (tertiary/aromatic N) is 3. The van der Waals surface area contributed by atoms with Crippen molar-refractivity contribution in [2.24, 2.45) is 0 Å². The second-order valence-corrected chi connectivity index (χ2v) is 5.99. The fraction of sp³-hybridized carbons (Fsp3) is 0.467. The van der Waals surface area contributed by atoms with E-state index in [1.54, 1.807) is 11.8 Å². The van der Waals surface area contributed by atoms with Crippen molar-refractivity contribution in [3.8, 4) is 11.4 Å². The molecule has 4 nitrogen and oxygen atoms in total. The van der Waals surface area contributed by atoms with Crippen LogP contribution in [0.1, 0.15) is 31.4 Å². The van der Waals surface area contributed by atoms with Gasteiger partial charge in [0, 0.05) is 11.6 Å². The second kappa shape index (κ2) is 5.97. The van der Waals surface area contributed by atoms with Crippen molar-refractivity contribution >= 4 is 11.8 Å². The zero-order chi connectivity index (χ0) is 13.9. The first kappa shape index (κ1) is 13.6. The van der Waals surface area contributed by atoms with Crippen LogP contribution in [0.25, 0.3) is 11.4 Å². The molecule has 5 heteroatoms. The van der Waals surface area contributed by atoms with Crippen LogP contribution in [0.3, 0.4) is 0 Å². The molecule has 20 heavy (non-hydrogen) atoms. The predicted octanol–water partition coefficient (Wildman–Crippen LogP) is 3.35. The van der Waals surface area contributed by atoms with Gasteiger partial charge >= 0.3 is 0 Å². The molecule has 0 bridgehead atoms. The number of hydrogen-bond acceptors (Lipinski definition) is 4. The maximum Gasteiger partial charge on any atom is 0.208 e. The van der Waals surface area contributed by atoms with E-state index in [0.29, 0.717) is 6.04 Å². The van der Waals surface area contributed by atoms with Crippen LogP contribution >= 0.6 is 11.8 Å². The number of likely N-dealkylation sites (tertiary alicyclic amines) is 1. The van der Waals surface area contributed by atoms with E-state index in [1.165, 1.54) is 31.5 Å². The molecule has 0 radical (unpaired) electrons. The van der Waals surface area contributed by atoms with Crippen molar-refractivity contribution in [3.63, 3.8) is 0 Å². The maximum atomic E-state index is 4.48. The molecule has 1 atom stereocenters. The number of thioether (sulfide) groups is 1. The fourth-order valence-electron chi connectivity index (χ4n) is 2.75. The van der Waals surface area contributed by atoms with Gasteiger partial charge < -0.3 is 0 Å². The van der Waals surface area contributed by atoms with E-state index >= 15 is 0 Å². The number of hydrogen-bond donors (Lipinski definition) is 1. The third-order valence-corrected chi connectivity index (χ3v) is 4.53. The molecular weight excluding hydrogens is 268 g/mol. The summed E-state index contributed by atoms with van der Waals surface area (Å²) in [7, 11) is 0. The maximum absolute atomic E-state index is 4.48. The van der Waals surface area contributed by atoms with Crippen LogP contribution in [0, 0.1) is 0 Å². The standard InChI is InChI=1S/C15H20N4S/c1-11(19-8-3-4-9-19)12-6-5-7-13(10-12)14-16-15(20-2)18-17-14/h5-7,10-11H,3-4,8-9H2,1-2H3,(H,16,17,18)/t11-/m1/s1. The zero-order valence-corrected chi connectivity index (χ0v) is 12.8. The molecule has 0 amide bonds. The number of benzene rings is 1. The quantitative estimate of drug-likeness (QED) is 0.876. The van der Waals surface area contributed by atoms with Crippen LogP contribution in [-0.2, 0) is 0 Å². The summed E-state index contributed by atoms with van der Waals surface area (Å²) in [4.78, 5) is 7.03. The Balaban J connectivity index is 1.85.